The van der Waals surface area contributed by atoms with Gasteiger partial charge in [-0.3, -0.25) is 18.9 Å². The Hall–Kier alpha value is -3.83. The second-order valence-electron chi connectivity index (χ2n) is 11.0. The molecule has 42 heavy (non-hydrogen) atoms. The summed E-state index contributed by atoms with van der Waals surface area (Å²) in [5.74, 6) is 2.38. The highest BCUT2D eigenvalue weighted by atomic mass is 35.5. The number of hydrogen-bond donors (Lipinski definition) is 2. The smallest absolute Gasteiger partial charge is 0.281 e. The van der Waals surface area contributed by atoms with Crippen molar-refractivity contribution in [3.63, 3.8) is 0 Å². The highest BCUT2D eigenvalue weighted by molar-refractivity contribution is 7.97. The van der Waals surface area contributed by atoms with Crippen LogP contribution in [0, 0.1) is 18.8 Å². The van der Waals surface area contributed by atoms with Crippen LogP contribution in [0.4, 0.5) is 11.6 Å². The summed E-state index contributed by atoms with van der Waals surface area (Å²) in [6, 6.07) is 11.0. The molecule has 4 aromatic rings. The zero-order chi connectivity index (χ0) is 29.7. The highest BCUT2D eigenvalue weighted by Crippen LogP contribution is 2.58. The fourth-order valence-corrected chi connectivity index (χ4v) is 6.65. The van der Waals surface area contributed by atoms with Crippen LogP contribution in [0.25, 0.3) is 10.9 Å². The number of fused-ring (bicyclic) bond motifs is 2. The number of rotatable bonds is 8. The first-order valence-electron chi connectivity index (χ1n) is 13.7. The van der Waals surface area contributed by atoms with Crippen LogP contribution in [0.1, 0.15) is 46.1 Å². The number of carbonyl (C=O) groups is 1. The first-order valence-corrected chi connectivity index (χ1v) is 15.3. The van der Waals surface area contributed by atoms with E-state index in [-0.39, 0.29) is 28.4 Å². The summed E-state index contributed by atoms with van der Waals surface area (Å²) in [7, 11) is 3.41. The second kappa shape index (κ2) is 11.1. The lowest BCUT2D eigenvalue weighted by Gasteiger charge is -2.25. The number of carbonyl (C=O) groups excluding carboxylic acids is 1. The van der Waals surface area contributed by atoms with E-state index < -0.39 is 0 Å². The minimum Gasteiger partial charge on any atom is -0.481 e. The van der Waals surface area contributed by atoms with E-state index in [0.717, 1.165) is 24.2 Å². The van der Waals surface area contributed by atoms with Gasteiger partial charge in [-0.25, -0.2) is 15.0 Å². The van der Waals surface area contributed by atoms with Crippen molar-refractivity contribution >= 4 is 52.0 Å². The third kappa shape index (κ3) is 5.05. The molecule has 2 N–H and O–H groups in total. The molecule has 12 heteroatoms. The number of anilines is 2. The zero-order valence-electron chi connectivity index (χ0n) is 24.0. The topological polar surface area (TPSA) is 114 Å². The Labute approximate surface area is 253 Å². The summed E-state index contributed by atoms with van der Waals surface area (Å²) in [4.78, 5) is 42.3. The largest absolute Gasteiger partial charge is 0.481 e. The van der Waals surface area contributed by atoms with Gasteiger partial charge in [0.15, 0.2) is 5.69 Å². The van der Waals surface area contributed by atoms with Crippen molar-refractivity contribution in [2.24, 2.45) is 18.9 Å². The van der Waals surface area contributed by atoms with Crippen molar-refractivity contribution in [2.45, 2.75) is 25.8 Å². The Kier molecular flexibility index (Phi) is 7.48. The number of ether oxygens (including phenoxy) is 1. The van der Waals surface area contributed by atoms with Crippen molar-refractivity contribution in [1.82, 2.24) is 24.2 Å². The number of piperidine rings is 1. The van der Waals surface area contributed by atoms with E-state index in [9.17, 15) is 9.59 Å². The minimum atomic E-state index is -0.348. The van der Waals surface area contributed by atoms with Crippen molar-refractivity contribution < 1.29 is 9.53 Å². The standard InChI is InChI=1S/C30H32ClN7O3S/c1-15-10-18(16(2)33-22-7-8-23(31)34-27(22)28(39)36-42-5)26-19(11-15)29(40)37(3)30(35-26)38-13-20-21(14-38)25(20)17-6-9-24(41-4)32-12-17/h6-12,16,20-21,25,33H,13-14H2,1-5H3,(H,36,39). The van der Waals surface area contributed by atoms with Gasteiger partial charge in [-0.1, -0.05) is 35.7 Å². The molecule has 2 fully saturated rings. The normalized spacial score (nSPS) is 19.9. The number of halogens is 1. The van der Waals surface area contributed by atoms with Gasteiger partial charge in [0.2, 0.25) is 11.8 Å². The maximum atomic E-state index is 13.7. The van der Waals surface area contributed by atoms with Crippen molar-refractivity contribution in [1.29, 1.82) is 0 Å². The number of pyridine rings is 2. The summed E-state index contributed by atoms with van der Waals surface area (Å²) in [5.41, 5.74) is 4.33. The lowest BCUT2D eigenvalue weighted by atomic mass is 10.0. The van der Waals surface area contributed by atoms with Gasteiger partial charge < -0.3 is 15.0 Å². The van der Waals surface area contributed by atoms with Gasteiger partial charge in [0.1, 0.15) is 5.15 Å². The van der Waals surface area contributed by atoms with E-state index >= 15 is 0 Å². The van der Waals surface area contributed by atoms with Gasteiger partial charge in [-0.05, 0) is 60.9 Å². The molecule has 1 saturated heterocycles. The molecule has 2 aliphatic rings. The number of benzene rings is 1. The maximum Gasteiger partial charge on any atom is 0.281 e. The van der Waals surface area contributed by atoms with Crippen molar-refractivity contribution in [3.05, 3.63) is 80.5 Å². The fourth-order valence-electron chi connectivity index (χ4n) is 6.22. The number of nitrogens with one attached hydrogen (secondary N) is 2. The molecule has 1 saturated carbocycles. The number of hydrogen-bond acceptors (Lipinski definition) is 9. The number of aryl methyl sites for hydroxylation is 1. The Morgan fingerprint density at radius 3 is 2.60 bits per heavy atom. The molecule has 1 aliphatic carbocycles. The molecule has 218 valence electrons. The van der Waals surface area contributed by atoms with Crippen LogP contribution < -0.4 is 25.2 Å². The molecule has 0 spiro atoms. The van der Waals surface area contributed by atoms with E-state index in [1.807, 2.05) is 38.2 Å². The quantitative estimate of drug-likeness (QED) is 0.217. The number of nitrogens with zero attached hydrogens (tertiary/aromatic N) is 5. The van der Waals surface area contributed by atoms with Gasteiger partial charge in [0, 0.05) is 44.2 Å². The summed E-state index contributed by atoms with van der Waals surface area (Å²) >= 11 is 7.30. The molecule has 6 rings (SSSR count). The van der Waals surface area contributed by atoms with Gasteiger partial charge >= 0.3 is 0 Å². The molecule has 3 atom stereocenters. The molecule has 0 bridgehead atoms. The molecule has 0 radical (unpaired) electrons. The third-order valence-electron chi connectivity index (χ3n) is 8.27. The monoisotopic (exact) mass is 605 g/mol. The van der Waals surface area contributed by atoms with Crippen molar-refractivity contribution in [2.75, 3.05) is 36.7 Å². The number of aromatic nitrogens is 4. The lowest BCUT2D eigenvalue weighted by Crippen LogP contribution is -2.32. The second-order valence-corrected chi connectivity index (χ2v) is 11.9. The van der Waals surface area contributed by atoms with Crippen LogP contribution in [0.3, 0.4) is 0 Å². The van der Waals surface area contributed by atoms with Gasteiger partial charge in [-0.15, -0.1) is 0 Å². The maximum absolute atomic E-state index is 13.7. The molecule has 1 amide bonds. The van der Waals surface area contributed by atoms with E-state index in [4.69, 9.17) is 21.3 Å². The Morgan fingerprint density at radius 2 is 1.93 bits per heavy atom. The molecule has 4 heterocycles. The van der Waals surface area contributed by atoms with Crippen molar-refractivity contribution in [3.8, 4) is 5.88 Å². The van der Waals surface area contributed by atoms with Gasteiger partial charge in [-0.2, -0.15) is 0 Å². The average Bonchev–Trinajstić information content (AvgIpc) is 3.48. The van der Waals surface area contributed by atoms with Gasteiger partial charge in [0.25, 0.3) is 11.5 Å². The van der Waals surface area contributed by atoms with Crippen LogP contribution in [0.5, 0.6) is 5.88 Å². The first-order chi connectivity index (χ1) is 20.2. The molecule has 10 nitrogen and oxygen atoms in total. The molecule has 1 aromatic carbocycles. The Bertz CT molecular complexity index is 1730. The molecular weight excluding hydrogens is 574 g/mol. The molecular formula is C30H32ClN7O3S. The Morgan fingerprint density at radius 1 is 1.17 bits per heavy atom. The highest BCUT2D eigenvalue weighted by Gasteiger charge is 2.57. The fraction of sp³-hybridized carbons (Fsp3) is 0.367. The summed E-state index contributed by atoms with van der Waals surface area (Å²) in [6.45, 7) is 5.60. The van der Waals surface area contributed by atoms with Gasteiger partial charge in [0.05, 0.1) is 29.7 Å². The van der Waals surface area contributed by atoms with Crippen LogP contribution in [0.2, 0.25) is 5.15 Å². The predicted octanol–water partition coefficient (Wildman–Crippen LogP) is 4.72. The summed E-state index contributed by atoms with van der Waals surface area (Å²) < 4.78 is 9.57. The first kappa shape index (κ1) is 28.3. The van der Waals surface area contributed by atoms with Crippen LogP contribution in [0.15, 0.2) is 47.4 Å². The summed E-state index contributed by atoms with van der Waals surface area (Å²) in [5, 5.41) is 4.20. The summed E-state index contributed by atoms with van der Waals surface area (Å²) in [6.07, 6.45) is 3.67. The van der Waals surface area contributed by atoms with Crippen LogP contribution >= 0.6 is 23.5 Å². The average molecular weight is 606 g/mol. The van der Waals surface area contributed by atoms with Crippen LogP contribution in [-0.4, -0.2) is 51.9 Å². The van der Waals surface area contributed by atoms with E-state index in [0.29, 0.717) is 46.2 Å². The van der Waals surface area contributed by atoms with E-state index in [2.05, 4.69) is 31.0 Å². The van der Waals surface area contributed by atoms with Crippen LogP contribution in [-0.2, 0) is 7.05 Å². The predicted molar refractivity (Wildman–Crippen MR) is 167 cm³/mol. The van der Waals surface area contributed by atoms with E-state index in [1.54, 1.807) is 37.1 Å². The molecule has 1 aliphatic heterocycles. The zero-order valence-corrected chi connectivity index (χ0v) is 25.6. The lowest BCUT2D eigenvalue weighted by molar-refractivity contribution is 0.0980. The number of methoxy groups -OCH3 is 1. The Balaban J connectivity index is 1.31. The number of amides is 1. The minimum absolute atomic E-state index is 0.0863. The third-order valence-corrected chi connectivity index (χ3v) is 8.87. The molecule has 3 unspecified atom stereocenters. The molecule has 3 aromatic heterocycles. The van der Waals surface area contributed by atoms with E-state index in [1.165, 1.54) is 17.5 Å². The SMILES string of the molecule is COc1ccc(C2C3CN(c4nc5c(C(C)Nc6ccc(Cl)nc6C(=O)NSC)cc(C)cc5c(=O)n4C)CC32)cn1.